The number of benzene rings is 2. The number of hydrogen-bond acceptors (Lipinski definition) is 4. The van der Waals surface area contributed by atoms with Crippen LogP contribution in [-0.2, 0) is 19.5 Å². The first-order chi connectivity index (χ1) is 13.5. The molecule has 2 heterocycles. The number of ether oxygens (including phenoxy) is 1. The highest BCUT2D eigenvalue weighted by Gasteiger charge is 2.22. The van der Waals surface area contributed by atoms with Gasteiger partial charge in [-0.05, 0) is 54.4 Å². The SMILES string of the molecule is COc1ccc(CN2CCc3nc(-c4ccc(Cl)cc4)[nH]c(=O)c3C2)c(C)c1. The summed E-state index contributed by atoms with van der Waals surface area (Å²) in [5, 5.41) is 0.661. The van der Waals surface area contributed by atoms with Crippen LogP contribution >= 0.6 is 11.6 Å². The molecule has 0 atom stereocenters. The number of methoxy groups -OCH3 is 1. The number of nitrogens with zero attached hydrogens (tertiary/aromatic N) is 2. The molecule has 1 aliphatic heterocycles. The third-order valence-corrected chi connectivity index (χ3v) is 5.46. The average molecular weight is 396 g/mol. The Balaban J connectivity index is 1.56. The maximum Gasteiger partial charge on any atom is 0.255 e. The molecule has 0 amide bonds. The number of rotatable bonds is 4. The van der Waals surface area contributed by atoms with E-state index in [4.69, 9.17) is 21.3 Å². The van der Waals surface area contributed by atoms with Crippen molar-refractivity contribution < 1.29 is 4.74 Å². The monoisotopic (exact) mass is 395 g/mol. The Morgan fingerprint density at radius 2 is 2.00 bits per heavy atom. The van der Waals surface area contributed by atoms with Crippen LogP contribution in [0.25, 0.3) is 11.4 Å². The first-order valence-electron chi connectivity index (χ1n) is 9.27. The largest absolute Gasteiger partial charge is 0.497 e. The van der Waals surface area contributed by atoms with Gasteiger partial charge in [0.05, 0.1) is 18.4 Å². The predicted molar refractivity (Wildman–Crippen MR) is 111 cm³/mol. The Labute approximate surface area is 169 Å². The van der Waals surface area contributed by atoms with Gasteiger partial charge >= 0.3 is 0 Å². The minimum absolute atomic E-state index is 0.0638. The molecule has 0 spiro atoms. The number of halogens is 1. The van der Waals surface area contributed by atoms with Crippen molar-refractivity contribution in [3.8, 4) is 17.1 Å². The van der Waals surface area contributed by atoms with Gasteiger partial charge in [-0.25, -0.2) is 4.98 Å². The van der Waals surface area contributed by atoms with Crippen molar-refractivity contribution in [1.82, 2.24) is 14.9 Å². The molecule has 28 heavy (non-hydrogen) atoms. The second-order valence-corrected chi connectivity index (χ2v) is 7.54. The van der Waals surface area contributed by atoms with Crippen molar-refractivity contribution in [2.24, 2.45) is 0 Å². The fourth-order valence-corrected chi connectivity index (χ4v) is 3.70. The van der Waals surface area contributed by atoms with E-state index in [1.807, 2.05) is 24.3 Å². The Hall–Kier alpha value is -2.63. The van der Waals surface area contributed by atoms with Crippen LogP contribution in [0.3, 0.4) is 0 Å². The van der Waals surface area contributed by atoms with Crippen LogP contribution in [0, 0.1) is 6.92 Å². The third-order valence-electron chi connectivity index (χ3n) is 5.21. The molecule has 4 rings (SSSR count). The molecule has 5 nitrogen and oxygen atoms in total. The Kier molecular flexibility index (Phi) is 5.20. The van der Waals surface area contributed by atoms with Crippen molar-refractivity contribution in [2.45, 2.75) is 26.4 Å². The van der Waals surface area contributed by atoms with Crippen molar-refractivity contribution >= 4 is 11.6 Å². The maximum absolute atomic E-state index is 12.7. The summed E-state index contributed by atoms with van der Waals surface area (Å²) in [5.41, 5.74) is 4.87. The van der Waals surface area contributed by atoms with E-state index in [1.165, 1.54) is 11.1 Å². The lowest BCUT2D eigenvalue weighted by Crippen LogP contribution is -2.35. The first kappa shape index (κ1) is 18.7. The van der Waals surface area contributed by atoms with Gasteiger partial charge in [0.2, 0.25) is 0 Å². The molecule has 0 aliphatic carbocycles. The molecule has 0 unspecified atom stereocenters. The van der Waals surface area contributed by atoms with Crippen LogP contribution in [0.2, 0.25) is 5.02 Å². The molecule has 1 N–H and O–H groups in total. The molecule has 144 valence electrons. The normalized spacial score (nSPS) is 14.0. The minimum atomic E-state index is -0.0638. The zero-order chi connectivity index (χ0) is 19.7. The summed E-state index contributed by atoms with van der Waals surface area (Å²) in [4.78, 5) is 22.6. The second kappa shape index (κ2) is 7.78. The molecule has 3 aromatic rings. The minimum Gasteiger partial charge on any atom is -0.497 e. The summed E-state index contributed by atoms with van der Waals surface area (Å²) in [7, 11) is 1.67. The van der Waals surface area contributed by atoms with E-state index in [2.05, 4.69) is 22.9 Å². The summed E-state index contributed by atoms with van der Waals surface area (Å²) in [5.74, 6) is 1.46. The molecule has 6 heteroatoms. The van der Waals surface area contributed by atoms with Crippen molar-refractivity contribution in [2.75, 3.05) is 13.7 Å². The number of nitrogens with one attached hydrogen (secondary N) is 1. The van der Waals surface area contributed by atoms with E-state index in [0.29, 0.717) is 17.4 Å². The summed E-state index contributed by atoms with van der Waals surface area (Å²) in [6.07, 6.45) is 0.759. The highest BCUT2D eigenvalue weighted by Crippen LogP contribution is 2.23. The Morgan fingerprint density at radius 3 is 2.71 bits per heavy atom. The van der Waals surface area contributed by atoms with E-state index >= 15 is 0 Å². The zero-order valence-corrected chi connectivity index (χ0v) is 16.7. The molecule has 0 radical (unpaired) electrons. The molecule has 2 aromatic carbocycles. The number of H-pyrrole nitrogens is 1. The number of aromatic nitrogens is 2. The highest BCUT2D eigenvalue weighted by atomic mass is 35.5. The van der Waals surface area contributed by atoms with E-state index in [1.54, 1.807) is 19.2 Å². The molecule has 0 fully saturated rings. The third kappa shape index (κ3) is 3.81. The molecular formula is C22H22ClN3O2. The van der Waals surface area contributed by atoms with Crippen LogP contribution in [0.4, 0.5) is 0 Å². The van der Waals surface area contributed by atoms with Gasteiger partial charge in [-0.3, -0.25) is 9.69 Å². The van der Waals surface area contributed by atoms with Crippen LogP contribution in [0.15, 0.2) is 47.3 Å². The zero-order valence-electron chi connectivity index (χ0n) is 16.0. The number of aromatic amines is 1. The average Bonchev–Trinajstić information content (AvgIpc) is 2.70. The van der Waals surface area contributed by atoms with Gasteiger partial charge < -0.3 is 9.72 Å². The molecule has 0 bridgehead atoms. The van der Waals surface area contributed by atoms with E-state index in [-0.39, 0.29) is 5.56 Å². The summed E-state index contributed by atoms with van der Waals surface area (Å²) in [6.45, 7) is 4.36. The molecule has 1 aromatic heterocycles. The van der Waals surface area contributed by atoms with Gasteiger partial charge in [0.25, 0.3) is 5.56 Å². The topological polar surface area (TPSA) is 58.2 Å². The Bertz CT molecular complexity index is 1060. The molecular weight excluding hydrogens is 374 g/mol. The molecule has 0 saturated heterocycles. The maximum atomic E-state index is 12.7. The van der Waals surface area contributed by atoms with Crippen LogP contribution in [0.5, 0.6) is 5.75 Å². The number of hydrogen-bond donors (Lipinski definition) is 1. The first-order valence-corrected chi connectivity index (χ1v) is 9.65. The smallest absolute Gasteiger partial charge is 0.255 e. The molecule has 1 aliphatic rings. The van der Waals surface area contributed by atoms with Crippen molar-refractivity contribution in [3.05, 3.63) is 80.2 Å². The van der Waals surface area contributed by atoms with Gasteiger partial charge in [-0.1, -0.05) is 17.7 Å². The predicted octanol–water partition coefficient (Wildman–Crippen LogP) is 3.97. The van der Waals surface area contributed by atoms with Gasteiger partial charge in [-0.2, -0.15) is 0 Å². The van der Waals surface area contributed by atoms with E-state index in [9.17, 15) is 4.79 Å². The highest BCUT2D eigenvalue weighted by molar-refractivity contribution is 6.30. The summed E-state index contributed by atoms with van der Waals surface area (Å²) in [6, 6.07) is 13.5. The lowest BCUT2D eigenvalue weighted by Gasteiger charge is -2.28. The fourth-order valence-electron chi connectivity index (χ4n) is 3.57. The van der Waals surface area contributed by atoms with Gasteiger partial charge in [-0.15, -0.1) is 0 Å². The van der Waals surface area contributed by atoms with Gasteiger partial charge in [0, 0.05) is 36.6 Å². The number of fused-ring (bicyclic) bond motifs is 1. The lowest BCUT2D eigenvalue weighted by atomic mass is 10.0. The van der Waals surface area contributed by atoms with Crippen LogP contribution in [0.1, 0.15) is 22.4 Å². The Morgan fingerprint density at radius 1 is 1.21 bits per heavy atom. The summed E-state index contributed by atoms with van der Waals surface area (Å²) < 4.78 is 5.28. The standard InChI is InChI=1S/C22H22ClN3O2/c1-14-11-18(28-2)8-5-16(14)12-26-10-9-20-19(13-26)22(27)25-21(24-20)15-3-6-17(23)7-4-15/h3-8,11H,9-10,12-13H2,1-2H3,(H,24,25,27). The van der Waals surface area contributed by atoms with Gasteiger partial charge in [0.1, 0.15) is 11.6 Å². The quantitative estimate of drug-likeness (QED) is 0.726. The second-order valence-electron chi connectivity index (χ2n) is 7.10. The van der Waals surface area contributed by atoms with E-state index in [0.717, 1.165) is 42.1 Å². The van der Waals surface area contributed by atoms with Crippen LogP contribution < -0.4 is 10.3 Å². The lowest BCUT2D eigenvalue weighted by molar-refractivity contribution is 0.241. The van der Waals surface area contributed by atoms with Crippen molar-refractivity contribution in [1.29, 1.82) is 0 Å². The number of aryl methyl sites for hydroxylation is 1. The van der Waals surface area contributed by atoms with Crippen LogP contribution in [-0.4, -0.2) is 28.5 Å². The van der Waals surface area contributed by atoms with Crippen molar-refractivity contribution in [3.63, 3.8) is 0 Å². The summed E-state index contributed by atoms with van der Waals surface area (Å²) >= 11 is 5.95. The van der Waals surface area contributed by atoms with Gasteiger partial charge in [0.15, 0.2) is 0 Å². The van der Waals surface area contributed by atoms with E-state index < -0.39 is 0 Å². The fraction of sp³-hybridized carbons (Fsp3) is 0.273. The molecule has 0 saturated carbocycles.